The van der Waals surface area contributed by atoms with Gasteiger partial charge in [0.2, 0.25) is 5.89 Å². The largest absolute Gasteiger partial charge is 0.339 e. The molecule has 1 aliphatic rings. The Hall–Kier alpha value is -0.900. The molecule has 1 saturated carbocycles. The molecule has 1 aliphatic carbocycles. The highest BCUT2D eigenvalue weighted by molar-refractivity contribution is 4.99. The summed E-state index contributed by atoms with van der Waals surface area (Å²) in [5.41, 5.74) is 6.11. The Kier molecular flexibility index (Phi) is 5.58. The summed E-state index contributed by atoms with van der Waals surface area (Å²) in [5, 5.41) is 4.20. The van der Waals surface area contributed by atoms with Crippen LogP contribution in [-0.4, -0.2) is 16.2 Å². The Bertz CT molecular complexity index is 402. The van der Waals surface area contributed by atoms with E-state index in [1.807, 2.05) is 0 Å². The summed E-state index contributed by atoms with van der Waals surface area (Å²) in [6, 6.07) is 0.123. The zero-order chi connectivity index (χ0) is 14.5. The summed E-state index contributed by atoms with van der Waals surface area (Å²) >= 11 is 0. The fraction of sp³-hybridized carbons (Fsp3) is 0.875. The van der Waals surface area contributed by atoms with Gasteiger partial charge < -0.3 is 10.3 Å². The third-order valence-electron chi connectivity index (χ3n) is 4.42. The molecular weight excluding hydrogens is 250 g/mol. The molecule has 3 atom stereocenters. The number of aromatic nitrogens is 2. The van der Waals surface area contributed by atoms with Crippen LogP contribution in [-0.2, 0) is 6.42 Å². The first-order valence-corrected chi connectivity index (χ1v) is 8.16. The Labute approximate surface area is 122 Å². The molecule has 1 heterocycles. The lowest BCUT2D eigenvalue weighted by molar-refractivity contribution is 0.297. The predicted octanol–water partition coefficient (Wildman–Crippen LogP) is 3.67. The molecule has 4 heteroatoms. The Balaban J connectivity index is 1.91. The fourth-order valence-corrected chi connectivity index (χ4v) is 3.33. The molecule has 1 aromatic heterocycles. The first kappa shape index (κ1) is 15.5. The van der Waals surface area contributed by atoms with Gasteiger partial charge in [-0.1, -0.05) is 45.2 Å². The number of rotatable bonds is 6. The van der Waals surface area contributed by atoms with Gasteiger partial charge in [-0.3, -0.25) is 0 Å². The second-order valence-corrected chi connectivity index (χ2v) is 6.78. The van der Waals surface area contributed by atoms with Gasteiger partial charge >= 0.3 is 0 Å². The zero-order valence-corrected chi connectivity index (χ0v) is 13.1. The standard InChI is InChI=1S/C16H29N3O/c1-4-12-6-5-7-13(9-12)16-18-15(20-19-16)10-14(17)8-11(2)3/h11-14H,4-10,17H2,1-3H3. The second-order valence-electron chi connectivity index (χ2n) is 6.78. The molecule has 4 nitrogen and oxygen atoms in total. The molecule has 0 aliphatic heterocycles. The van der Waals surface area contributed by atoms with Crippen LogP contribution < -0.4 is 5.73 Å². The molecule has 0 radical (unpaired) electrons. The van der Waals surface area contributed by atoms with Crippen LogP contribution in [0.2, 0.25) is 0 Å². The Morgan fingerprint density at radius 2 is 2.15 bits per heavy atom. The molecule has 0 amide bonds. The van der Waals surface area contributed by atoms with E-state index in [0.29, 0.717) is 24.1 Å². The first-order valence-electron chi connectivity index (χ1n) is 8.16. The summed E-state index contributed by atoms with van der Waals surface area (Å²) in [7, 11) is 0. The van der Waals surface area contributed by atoms with Crippen LogP contribution in [0.15, 0.2) is 4.52 Å². The van der Waals surface area contributed by atoms with Crippen molar-refractivity contribution in [3.05, 3.63) is 11.7 Å². The summed E-state index contributed by atoms with van der Waals surface area (Å²) in [6.07, 6.45) is 8.03. The van der Waals surface area contributed by atoms with Crippen molar-refractivity contribution in [3.63, 3.8) is 0 Å². The van der Waals surface area contributed by atoms with Crippen molar-refractivity contribution in [3.8, 4) is 0 Å². The van der Waals surface area contributed by atoms with Gasteiger partial charge in [0.25, 0.3) is 0 Å². The topological polar surface area (TPSA) is 64.9 Å². The van der Waals surface area contributed by atoms with Gasteiger partial charge in [0.15, 0.2) is 5.82 Å². The van der Waals surface area contributed by atoms with E-state index in [4.69, 9.17) is 10.3 Å². The van der Waals surface area contributed by atoms with Crippen molar-refractivity contribution in [1.29, 1.82) is 0 Å². The molecule has 20 heavy (non-hydrogen) atoms. The van der Waals surface area contributed by atoms with Crippen LogP contribution in [0.25, 0.3) is 0 Å². The van der Waals surface area contributed by atoms with Crippen molar-refractivity contribution >= 4 is 0 Å². The molecule has 2 rings (SSSR count). The van der Waals surface area contributed by atoms with E-state index in [9.17, 15) is 0 Å². The van der Waals surface area contributed by atoms with Gasteiger partial charge in [-0.05, 0) is 31.1 Å². The number of hydrogen-bond acceptors (Lipinski definition) is 4. The third-order valence-corrected chi connectivity index (χ3v) is 4.42. The van der Waals surface area contributed by atoms with Gasteiger partial charge in [0, 0.05) is 18.4 Å². The number of nitrogens with zero attached hydrogens (tertiary/aromatic N) is 2. The molecule has 0 spiro atoms. The molecule has 0 saturated heterocycles. The van der Waals surface area contributed by atoms with Crippen molar-refractivity contribution in [1.82, 2.24) is 10.1 Å². The second kappa shape index (κ2) is 7.21. The lowest BCUT2D eigenvalue weighted by Gasteiger charge is -2.26. The normalized spacial score (nSPS) is 25.1. The minimum Gasteiger partial charge on any atom is -0.339 e. The summed E-state index contributed by atoms with van der Waals surface area (Å²) in [4.78, 5) is 4.59. The number of hydrogen-bond donors (Lipinski definition) is 1. The van der Waals surface area contributed by atoms with E-state index in [2.05, 4.69) is 30.9 Å². The maximum Gasteiger partial charge on any atom is 0.228 e. The smallest absolute Gasteiger partial charge is 0.228 e. The highest BCUT2D eigenvalue weighted by atomic mass is 16.5. The van der Waals surface area contributed by atoms with Gasteiger partial charge in [0.05, 0.1) is 0 Å². The fourth-order valence-electron chi connectivity index (χ4n) is 3.33. The minimum atomic E-state index is 0.123. The van der Waals surface area contributed by atoms with Crippen LogP contribution in [0.5, 0.6) is 0 Å². The number of nitrogens with two attached hydrogens (primary N) is 1. The monoisotopic (exact) mass is 279 g/mol. The highest BCUT2D eigenvalue weighted by Crippen LogP contribution is 2.36. The maximum atomic E-state index is 6.11. The van der Waals surface area contributed by atoms with Gasteiger partial charge in [-0.15, -0.1) is 0 Å². The lowest BCUT2D eigenvalue weighted by Crippen LogP contribution is -2.24. The maximum absolute atomic E-state index is 6.11. The predicted molar refractivity (Wildman–Crippen MR) is 80.4 cm³/mol. The molecular formula is C16H29N3O. The zero-order valence-electron chi connectivity index (χ0n) is 13.1. The van der Waals surface area contributed by atoms with Crippen molar-refractivity contribution in [2.75, 3.05) is 0 Å². The van der Waals surface area contributed by atoms with Crippen molar-refractivity contribution in [2.24, 2.45) is 17.6 Å². The Morgan fingerprint density at radius 1 is 1.35 bits per heavy atom. The van der Waals surface area contributed by atoms with Crippen LogP contribution in [0.1, 0.15) is 76.9 Å². The molecule has 2 N–H and O–H groups in total. The molecule has 0 aromatic carbocycles. The van der Waals surface area contributed by atoms with Crippen LogP contribution in [0, 0.1) is 11.8 Å². The van der Waals surface area contributed by atoms with Crippen molar-refractivity contribution < 1.29 is 4.52 Å². The lowest BCUT2D eigenvalue weighted by atomic mass is 9.80. The average Bonchev–Trinajstić information content (AvgIpc) is 2.86. The quantitative estimate of drug-likeness (QED) is 0.863. The minimum absolute atomic E-state index is 0.123. The third kappa shape index (κ3) is 4.30. The van der Waals surface area contributed by atoms with Crippen LogP contribution in [0.4, 0.5) is 0 Å². The van der Waals surface area contributed by atoms with Crippen molar-refractivity contribution in [2.45, 2.75) is 77.7 Å². The molecule has 3 unspecified atom stereocenters. The molecule has 114 valence electrons. The molecule has 0 bridgehead atoms. The van der Waals surface area contributed by atoms with E-state index in [0.717, 1.165) is 18.2 Å². The summed E-state index contributed by atoms with van der Waals surface area (Å²) in [5.74, 6) is 3.56. The van der Waals surface area contributed by atoms with Crippen LogP contribution in [0.3, 0.4) is 0 Å². The van der Waals surface area contributed by atoms with Crippen LogP contribution >= 0.6 is 0 Å². The van der Waals surface area contributed by atoms with E-state index in [-0.39, 0.29) is 6.04 Å². The highest BCUT2D eigenvalue weighted by Gasteiger charge is 2.26. The van der Waals surface area contributed by atoms with E-state index >= 15 is 0 Å². The average molecular weight is 279 g/mol. The van der Waals surface area contributed by atoms with E-state index in [1.165, 1.54) is 32.1 Å². The van der Waals surface area contributed by atoms with E-state index < -0.39 is 0 Å². The summed E-state index contributed by atoms with van der Waals surface area (Å²) < 4.78 is 5.40. The Morgan fingerprint density at radius 3 is 2.85 bits per heavy atom. The van der Waals surface area contributed by atoms with Gasteiger partial charge in [0.1, 0.15) is 0 Å². The molecule has 1 aromatic rings. The summed E-state index contributed by atoms with van der Waals surface area (Å²) in [6.45, 7) is 6.65. The van der Waals surface area contributed by atoms with Gasteiger partial charge in [-0.25, -0.2) is 0 Å². The molecule has 1 fully saturated rings. The first-order chi connectivity index (χ1) is 9.58. The SMILES string of the molecule is CCC1CCCC(c2noc(CC(N)CC(C)C)n2)C1. The van der Waals surface area contributed by atoms with E-state index in [1.54, 1.807) is 0 Å². The van der Waals surface area contributed by atoms with Gasteiger partial charge in [-0.2, -0.15) is 4.98 Å².